The Balaban J connectivity index is 2.14. The van der Waals surface area contributed by atoms with Gasteiger partial charge in [0.15, 0.2) is 27.3 Å². The topological polar surface area (TPSA) is 37.4 Å². The molecule has 2 aromatic rings. The maximum absolute atomic E-state index is 14.1. The van der Waals surface area contributed by atoms with Gasteiger partial charge in [0.2, 0.25) is 0 Å². The van der Waals surface area contributed by atoms with Crippen LogP contribution >= 0.6 is 0 Å². The molecule has 0 atom stereocenters. The lowest BCUT2D eigenvalue weighted by Crippen LogP contribution is -2.36. The molecular weight excluding hydrogens is 315 g/mol. The standard InChI is InChI=1S/C15H12F3NO2S/c16-11-8-12(17)14-15(13(11)18)22(20,21)7-6-19(14)9-10-4-2-1-3-5-10/h1-5,8H,6-7,9H2. The molecule has 0 fully saturated rings. The highest BCUT2D eigenvalue weighted by molar-refractivity contribution is 7.91. The maximum Gasteiger partial charge on any atom is 0.185 e. The van der Waals surface area contributed by atoms with Crippen molar-refractivity contribution in [2.75, 3.05) is 17.2 Å². The number of halogens is 3. The van der Waals surface area contributed by atoms with Gasteiger partial charge in [0.1, 0.15) is 4.90 Å². The molecule has 1 aliphatic rings. The number of benzene rings is 2. The summed E-state index contributed by atoms with van der Waals surface area (Å²) in [5, 5.41) is 0. The Hall–Kier alpha value is -2.02. The van der Waals surface area contributed by atoms with Crippen molar-refractivity contribution in [1.82, 2.24) is 0 Å². The van der Waals surface area contributed by atoms with Crippen LogP contribution in [-0.2, 0) is 16.4 Å². The molecule has 2 aromatic carbocycles. The number of rotatable bonds is 2. The molecule has 1 aliphatic heterocycles. The van der Waals surface area contributed by atoms with E-state index in [4.69, 9.17) is 0 Å². The highest BCUT2D eigenvalue weighted by atomic mass is 32.2. The minimum Gasteiger partial charge on any atom is -0.363 e. The summed E-state index contributed by atoms with van der Waals surface area (Å²) in [6.07, 6.45) is 0. The first kappa shape index (κ1) is 14.9. The Kier molecular flexibility index (Phi) is 3.60. The molecule has 7 heteroatoms. The monoisotopic (exact) mass is 327 g/mol. The quantitative estimate of drug-likeness (QED) is 0.796. The number of fused-ring (bicyclic) bond motifs is 1. The molecule has 3 rings (SSSR count). The van der Waals surface area contributed by atoms with Crippen molar-refractivity contribution >= 4 is 15.5 Å². The van der Waals surface area contributed by atoms with E-state index in [1.165, 1.54) is 4.90 Å². The fourth-order valence-electron chi connectivity index (χ4n) is 2.55. The fraction of sp³-hybridized carbons (Fsp3) is 0.200. The molecule has 0 amide bonds. The molecule has 0 N–H and O–H groups in total. The van der Waals surface area contributed by atoms with Crippen LogP contribution in [0, 0.1) is 17.5 Å². The summed E-state index contributed by atoms with van der Waals surface area (Å²) < 4.78 is 65.4. The van der Waals surface area contributed by atoms with E-state index in [9.17, 15) is 21.6 Å². The number of hydrogen-bond acceptors (Lipinski definition) is 3. The number of sulfone groups is 1. The largest absolute Gasteiger partial charge is 0.363 e. The molecule has 3 nitrogen and oxygen atoms in total. The number of hydrogen-bond donors (Lipinski definition) is 0. The second-order valence-electron chi connectivity index (χ2n) is 5.06. The van der Waals surface area contributed by atoms with Crippen molar-refractivity contribution in [3.05, 3.63) is 59.4 Å². The van der Waals surface area contributed by atoms with Gasteiger partial charge in [-0.25, -0.2) is 21.6 Å². The first-order valence-corrected chi connectivity index (χ1v) is 8.24. The van der Waals surface area contributed by atoms with E-state index in [1.807, 2.05) is 6.07 Å². The molecule has 0 aromatic heterocycles. The van der Waals surface area contributed by atoms with Crippen LogP contribution in [0.15, 0.2) is 41.3 Å². The van der Waals surface area contributed by atoms with Crippen molar-refractivity contribution in [3.8, 4) is 0 Å². The normalized spacial score (nSPS) is 16.4. The van der Waals surface area contributed by atoms with Crippen LogP contribution < -0.4 is 4.90 Å². The third kappa shape index (κ3) is 2.45. The van der Waals surface area contributed by atoms with Gasteiger partial charge in [-0.1, -0.05) is 30.3 Å². The van der Waals surface area contributed by atoms with Crippen molar-refractivity contribution in [3.63, 3.8) is 0 Å². The Morgan fingerprint density at radius 2 is 1.73 bits per heavy atom. The van der Waals surface area contributed by atoms with E-state index in [0.717, 1.165) is 5.56 Å². The summed E-state index contributed by atoms with van der Waals surface area (Å²) in [6.45, 7) is 0.234. The van der Waals surface area contributed by atoms with Gasteiger partial charge in [-0.05, 0) is 5.56 Å². The summed E-state index contributed by atoms with van der Waals surface area (Å²) >= 11 is 0. The zero-order chi connectivity index (χ0) is 15.9. The molecule has 0 saturated carbocycles. The summed E-state index contributed by atoms with van der Waals surface area (Å²) in [7, 11) is -4.04. The lowest BCUT2D eigenvalue weighted by molar-refractivity contribution is 0.466. The molecule has 0 aliphatic carbocycles. The van der Waals surface area contributed by atoms with Crippen LogP contribution in [0.2, 0.25) is 0 Å². The molecule has 1 heterocycles. The molecule has 0 bridgehead atoms. The van der Waals surface area contributed by atoms with E-state index in [1.54, 1.807) is 24.3 Å². The smallest absolute Gasteiger partial charge is 0.185 e. The highest BCUT2D eigenvalue weighted by Crippen LogP contribution is 2.37. The maximum atomic E-state index is 14.1. The second-order valence-corrected chi connectivity index (χ2v) is 7.10. The Bertz CT molecular complexity index is 822. The van der Waals surface area contributed by atoms with Gasteiger partial charge in [0.05, 0.1) is 11.4 Å². The molecule has 0 spiro atoms. The average Bonchev–Trinajstić information content (AvgIpc) is 2.47. The fourth-order valence-corrected chi connectivity index (χ4v) is 4.11. The zero-order valence-electron chi connectivity index (χ0n) is 11.4. The van der Waals surface area contributed by atoms with E-state index < -0.39 is 37.9 Å². The summed E-state index contributed by atoms with van der Waals surface area (Å²) in [5.41, 5.74) is 0.422. The molecular formula is C15H12F3NO2S. The van der Waals surface area contributed by atoms with E-state index in [-0.39, 0.29) is 18.8 Å². The number of anilines is 1. The van der Waals surface area contributed by atoms with Gasteiger partial charge >= 0.3 is 0 Å². The lowest BCUT2D eigenvalue weighted by atomic mass is 10.2. The predicted molar refractivity (Wildman–Crippen MR) is 75.9 cm³/mol. The average molecular weight is 327 g/mol. The SMILES string of the molecule is O=S1(=O)CCN(Cc2ccccc2)c2c(F)cc(F)c(F)c21. The third-order valence-electron chi connectivity index (χ3n) is 3.58. The highest BCUT2D eigenvalue weighted by Gasteiger charge is 2.36. The first-order valence-electron chi connectivity index (χ1n) is 6.59. The van der Waals surface area contributed by atoms with E-state index in [2.05, 4.69) is 0 Å². The zero-order valence-corrected chi connectivity index (χ0v) is 12.2. The third-order valence-corrected chi connectivity index (χ3v) is 5.29. The summed E-state index contributed by atoms with van der Waals surface area (Å²) in [6, 6.07) is 9.36. The van der Waals surface area contributed by atoms with Gasteiger partial charge in [-0.15, -0.1) is 0 Å². The molecule has 0 saturated heterocycles. The van der Waals surface area contributed by atoms with Gasteiger partial charge in [0, 0.05) is 19.2 Å². The van der Waals surface area contributed by atoms with Crippen molar-refractivity contribution in [2.45, 2.75) is 11.4 Å². The predicted octanol–water partition coefficient (Wildman–Crippen LogP) is 2.90. The summed E-state index contributed by atoms with van der Waals surface area (Å²) in [5.74, 6) is -4.48. The molecule has 22 heavy (non-hydrogen) atoms. The van der Waals surface area contributed by atoms with Crippen LogP contribution in [-0.4, -0.2) is 20.7 Å². The van der Waals surface area contributed by atoms with Crippen molar-refractivity contribution in [2.24, 2.45) is 0 Å². The first-order chi connectivity index (χ1) is 10.4. The lowest BCUT2D eigenvalue weighted by Gasteiger charge is -2.31. The van der Waals surface area contributed by atoms with Crippen LogP contribution in [0.1, 0.15) is 5.56 Å². The van der Waals surface area contributed by atoms with Gasteiger partial charge in [0.25, 0.3) is 0 Å². The Morgan fingerprint density at radius 1 is 1.05 bits per heavy atom. The van der Waals surface area contributed by atoms with E-state index in [0.29, 0.717) is 6.07 Å². The minimum absolute atomic E-state index is 0.0201. The molecule has 0 unspecified atom stereocenters. The van der Waals surface area contributed by atoms with Crippen LogP contribution in [0.3, 0.4) is 0 Å². The van der Waals surface area contributed by atoms with Crippen LogP contribution in [0.25, 0.3) is 0 Å². The van der Waals surface area contributed by atoms with Crippen molar-refractivity contribution < 1.29 is 21.6 Å². The molecule has 116 valence electrons. The van der Waals surface area contributed by atoms with Gasteiger partial charge in [-0.3, -0.25) is 0 Å². The Labute approximate surface area is 125 Å². The Morgan fingerprint density at radius 3 is 2.41 bits per heavy atom. The van der Waals surface area contributed by atoms with Gasteiger partial charge in [-0.2, -0.15) is 0 Å². The second kappa shape index (κ2) is 5.31. The van der Waals surface area contributed by atoms with Crippen molar-refractivity contribution in [1.29, 1.82) is 0 Å². The van der Waals surface area contributed by atoms with Crippen LogP contribution in [0.4, 0.5) is 18.9 Å². The summed E-state index contributed by atoms with van der Waals surface area (Å²) in [4.78, 5) is 0.538. The van der Waals surface area contributed by atoms with E-state index >= 15 is 0 Å². The molecule has 0 radical (unpaired) electrons. The number of nitrogens with zero attached hydrogens (tertiary/aromatic N) is 1. The van der Waals surface area contributed by atoms with Gasteiger partial charge < -0.3 is 4.90 Å². The minimum atomic E-state index is -4.04. The van der Waals surface area contributed by atoms with Crippen LogP contribution in [0.5, 0.6) is 0 Å².